The first kappa shape index (κ1) is 24.3. The molecule has 0 spiro atoms. The van der Waals surface area contributed by atoms with Crippen molar-refractivity contribution >= 4 is 45.0 Å². The van der Waals surface area contributed by atoms with Crippen LogP contribution in [0.4, 0.5) is 5.69 Å². The number of esters is 1. The number of Topliss-reactive ketones (excluding diaryl/α,β-unsaturated/α-hetero) is 1. The maximum atomic E-state index is 13.3. The molecule has 2 heterocycles. The molecule has 1 fully saturated rings. The van der Waals surface area contributed by atoms with Crippen LogP contribution in [0.1, 0.15) is 46.9 Å². The van der Waals surface area contributed by atoms with Crippen LogP contribution in [-0.2, 0) is 14.3 Å². The highest BCUT2D eigenvalue weighted by Crippen LogP contribution is 2.42. The van der Waals surface area contributed by atoms with Gasteiger partial charge in [0.2, 0.25) is 0 Å². The van der Waals surface area contributed by atoms with Gasteiger partial charge in [-0.1, -0.05) is 34.1 Å². The van der Waals surface area contributed by atoms with Gasteiger partial charge in [-0.2, -0.15) is 0 Å². The molecule has 1 aromatic heterocycles. The molecule has 0 bridgehead atoms. The number of ether oxygens (including phenoxy) is 1. The third kappa shape index (κ3) is 4.74. The molecule has 1 atom stereocenters. The monoisotopic (exact) mass is 534 g/mol. The van der Waals surface area contributed by atoms with Crippen molar-refractivity contribution in [2.45, 2.75) is 32.9 Å². The predicted molar refractivity (Wildman–Crippen MR) is 135 cm³/mol. The van der Waals surface area contributed by atoms with Crippen molar-refractivity contribution in [3.05, 3.63) is 99.3 Å². The quantitative estimate of drug-likeness (QED) is 0.205. The van der Waals surface area contributed by atoms with E-state index in [2.05, 4.69) is 20.9 Å². The first-order valence-corrected chi connectivity index (χ1v) is 11.8. The highest BCUT2D eigenvalue weighted by molar-refractivity contribution is 9.10. The van der Waals surface area contributed by atoms with Gasteiger partial charge in [0.25, 0.3) is 11.7 Å². The van der Waals surface area contributed by atoms with Crippen LogP contribution in [0.15, 0.2) is 77.0 Å². The second kappa shape index (κ2) is 9.84. The molecule has 0 saturated carbocycles. The molecule has 1 amide bonds. The van der Waals surface area contributed by atoms with E-state index < -0.39 is 23.7 Å². The van der Waals surface area contributed by atoms with Crippen LogP contribution < -0.4 is 4.90 Å². The first-order valence-electron chi connectivity index (χ1n) is 11.0. The number of pyridine rings is 1. The van der Waals surface area contributed by atoms with Crippen molar-refractivity contribution in [2.75, 3.05) is 4.90 Å². The Morgan fingerprint density at radius 1 is 1.09 bits per heavy atom. The molecule has 0 radical (unpaired) electrons. The number of hydrogen-bond donors (Lipinski definition) is 1. The van der Waals surface area contributed by atoms with Crippen molar-refractivity contribution in [1.29, 1.82) is 0 Å². The highest BCUT2D eigenvalue weighted by Gasteiger charge is 2.47. The number of hydrogen-bond acceptors (Lipinski definition) is 6. The van der Waals surface area contributed by atoms with Crippen LogP contribution in [0.25, 0.3) is 5.76 Å². The van der Waals surface area contributed by atoms with Gasteiger partial charge in [0.1, 0.15) is 5.76 Å². The van der Waals surface area contributed by atoms with Gasteiger partial charge < -0.3 is 9.84 Å². The molecule has 1 saturated heterocycles. The molecule has 178 valence electrons. The minimum absolute atomic E-state index is 0.0557. The van der Waals surface area contributed by atoms with Crippen molar-refractivity contribution in [2.24, 2.45) is 0 Å². The van der Waals surface area contributed by atoms with E-state index in [9.17, 15) is 19.5 Å². The number of aryl methyl sites for hydroxylation is 1. The van der Waals surface area contributed by atoms with Gasteiger partial charge in [-0.15, -0.1) is 0 Å². The zero-order valence-corrected chi connectivity index (χ0v) is 20.9. The lowest BCUT2D eigenvalue weighted by molar-refractivity contribution is -0.132. The fourth-order valence-electron chi connectivity index (χ4n) is 3.96. The summed E-state index contributed by atoms with van der Waals surface area (Å²) in [7, 11) is 0. The number of rotatable bonds is 5. The van der Waals surface area contributed by atoms with E-state index >= 15 is 0 Å². The summed E-state index contributed by atoms with van der Waals surface area (Å²) in [5.74, 6) is -2.47. The second-order valence-electron chi connectivity index (χ2n) is 8.42. The highest BCUT2D eigenvalue weighted by atomic mass is 79.9. The molecule has 2 aromatic carbocycles. The molecule has 3 aromatic rings. The predicted octanol–water partition coefficient (Wildman–Crippen LogP) is 5.34. The summed E-state index contributed by atoms with van der Waals surface area (Å²) in [6.07, 6.45) is 2.81. The maximum absolute atomic E-state index is 13.3. The molecule has 8 heteroatoms. The molecular formula is C27H23BrN2O5. The van der Waals surface area contributed by atoms with Gasteiger partial charge in [0, 0.05) is 28.1 Å². The summed E-state index contributed by atoms with van der Waals surface area (Å²) in [6, 6.07) is 14.0. The Balaban J connectivity index is 1.89. The number of aromatic nitrogens is 1. The topological polar surface area (TPSA) is 96.8 Å². The molecule has 4 rings (SSSR count). The summed E-state index contributed by atoms with van der Waals surface area (Å²) < 4.78 is 6.13. The number of aliphatic hydroxyl groups excluding tert-OH is 1. The normalized spacial score (nSPS) is 17.2. The number of carbonyl (C=O) groups is 3. The number of anilines is 1. The Labute approximate surface area is 211 Å². The van der Waals surface area contributed by atoms with E-state index in [-0.39, 0.29) is 23.0 Å². The molecule has 1 aliphatic rings. The van der Waals surface area contributed by atoms with Gasteiger partial charge in [-0.25, -0.2) is 4.79 Å². The van der Waals surface area contributed by atoms with E-state index in [4.69, 9.17) is 4.74 Å². The van der Waals surface area contributed by atoms with Crippen molar-refractivity contribution in [3.8, 4) is 0 Å². The van der Waals surface area contributed by atoms with Crippen molar-refractivity contribution < 1.29 is 24.2 Å². The summed E-state index contributed by atoms with van der Waals surface area (Å²) in [4.78, 5) is 44.5. The van der Waals surface area contributed by atoms with E-state index in [0.717, 1.165) is 10.0 Å². The molecular weight excluding hydrogens is 512 g/mol. The van der Waals surface area contributed by atoms with E-state index in [1.807, 2.05) is 6.92 Å². The largest absolute Gasteiger partial charge is 0.507 e. The Morgan fingerprint density at radius 2 is 1.86 bits per heavy atom. The zero-order valence-electron chi connectivity index (χ0n) is 19.4. The summed E-state index contributed by atoms with van der Waals surface area (Å²) >= 11 is 3.43. The Morgan fingerprint density at radius 3 is 2.51 bits per heavy atom. The van der Waals surface area contributed by atoms with E-state index in [0.29, 0.717) is 16.8 Å². The maximum Gasteiger partial charge on any atom is 0.338 e. The lowest BCUT2D eigenvalue weighted by atomic mass is 9.95. The van der Waals surface area contributed by atoms with Gasteiger partial charge in [0.15, 0.2) is 0 Å². The molecule has 1 unspecified atom stereocenters. The minimum atomic E-state index is -0.941. The first-order chi connectivity index (χ1) is 16.7. The summed E-state index contributed by atoms with van der Waals surface area (Å²) in [5.41, 5.74) is 2.32. The van der Waals surface area contributed by atoms with Crippen molar-refractivity contribution in [1.82, 2.24) is 4.98 Å². The fraction of sp³-hybridized carbons (Fsp3) is 0.185. The van der Waals surface area contributed by atoms with Gasteiger partial charge in [-0.3, -0.25) is 19.5 Å². The number of halogens is 1. The van der Waals surface area contributed by atoms with Crippen LogP contribution in [0.3, 0.4) is 0 Å². The lowest BCUT2D eigenvalue weighted by Gasteiger charge is -2.25. The van der Waals surface area contributed by atoms with Gasteiger partial charge >= 0.3 is 5.97 Å². The van der Waals surface area contributed by atoms with Gasteiger partial charge in [-0.05, 0) is 68.3 Å². The number of ketones is 1. The molecule has 35 heavy (non-hydrogen) atoms. The van der Waals surface area contributed by atoms with Crippen molar-refractivity contribution in [3.63, 3.8) is 0 Å². The lowest BCUT2D eigenvalue weighted by Crippen LogP contribution is -2.29. The van der Waals surface area contributed by atoms with Crippen LogP contribution >= 0.6 is 15.9 Å². The van der Waals surface area contributed by atoms with Crippen LogP contribution in [-0.4, -0.2) is 33.9 Å². The van der Waals surface area contributed by atoms with Gasteiger partial charge in [0.05, 0.1) is 23.3 Å². The molecule has 1 aliphatic heterocycles. The third-order valence-corrected chi connectivity index (χ3v) is 6.47. The number of aliphatic hydroxyl groups is 1. The average molecular weight is 535 g/mol. The number of nitrogens with zero attached hydrogens (tertiary/aromatic N) is 2. The Kier molecular flexibility index (Phi) is 6.84. The standard InChI is InChI=1S/C27H23BrN2O5/c1-15(2)35-27(34)18-6-4-8-20(13-18)30-23(19-7-5-11-29-14-19)22(25(32)26(30)33)24(31)17-9-10-21(28)16(3)12-17/h4-15,23,31H,1-3H3/b24-22+. The minimum Gasteiger partial charge on any atom is -0.507 e. The van der Waals surface area contributed by atoms with E-state index in [1.54, 1.807) is 74.8 Å². The molecule has 1 N–H and O–H groups in total. The second-order valence-corrected chi connectivity index (χ2v) is 9.28. The van der Waals surface area contributed by atoms with Crippen LogP contribution in [0.2, 0.25) is 0 Å². The summed E-state index contributed by atoms with van der Waals surface area (Å²) in [6.45, 7) is 5.35. The third-order valence-electron chi connectivity index (χ3n) is 5.58. The SMILES string of the molecule is Cc1cc(/C(O)=C2\C(=O)C(=O)N(c3cccc(C(=O)OC(C)C)c3)C2c2cccnc2)ccc1Br. The smallest absolute Gasteiger partial charge is 0.338 e. The average Bonchev–Trinajstić information content (AvgIpc) is 3.11. The zero-order chi connectivity index (χ0) is 25.3. The number of benzene rings is 2. The number of carbonyl (C=O) groups excluding carboxylic acids is 3. The van der Waals surface area contributed by atoms with Crippen LogP contribution in [0, 0.1) is 6.92 Å². The fourth-order valence-corrected chi connectivity index (χ4v) is 4.21. The van der Waals surface area contributed by atoms with E-state index in [1.165, 1.54) is 11.0 Å². The molecule has 0 aliphatic carbocycles. The Bertz CT molecular complexity index is 1350. The van der Waals surface area contributed by atoms with Crippen LogP contribution in [0.5, 0.6) is 0 Å². The molecule has 7 nitrogen and oxygen atoms in total. The summed E-state index contributed by atoms with van der Waals surface area (Å²) in [5, 5.41) is 11.2. The number of amides is 1. The Hall–Kier alpha value is -3.78.